The van der Waals surface area contributed by atoms with Crippen LogP contribution in [0.5, 0.6) is 0 Å². The molecule has 6 nitrogen and oxygen atoms in total. The minimum atomic E-state index is 0.624. The molecule has 0 aliphatic heterocycles. The summed E-state index contributed by atoms with van der Waals surface area (Å²) < 4.78 is 4.78. The van der Waals surface area contributed by atoms with E-state index in [1.54, 1.807) is 0 Å². The van der Waals surface area contributed by atoms with Crippen molar-refractivity contribution in [2.45, 2.75) is 0 Å². The van der Waals surface area contributed by atoms with Crippen molar-refractivity contribution in [3.8, 4) is 84.7 Å². The monoisotopic (exact) mass is 916 g/mol. The second kappa shape index (κ2) is 17.4. The molecule has 0 amide bonds. The van der Waals surface area contributed by atoms with Crippen LogP contribution >= 0.6 is 0 Å². The van der Waals surface area contributed by atoms with Gasteiger partial charge in [0.25, 0.3) is 0 Å². The number of nitrogens with zero attached hydrogens (tertiary/aromatic N) is 6. The van der Waals surface area contributed by atoms with E-state index in [-0.39, 0.29) is 0 Å². The van der Waals surface area contributed by atoms with Crippen molar-refractivity contribution in [2.75, 3.05) is 0 Å². The number of nitriles is 1. The molecule has 3 heterocycles. The fourth-order valence-electron chi connectivity index (χ4n) is 10.6. The molecule has 3 aromatic heterocycles. The highest BCUT2D eigenvalue weighted by Gasteiger charge is 2.25. The molecule has 0 radical (unpaired) electrons. The molecule has 0 aliphatic carbocycles. The Balaban J connectivity index is 1.13. The van der Waals surface area contributed by atoms with Gasteiger partial charge in [-0.25, -0.2) is 14.8 Å². The van der Waals surface area contributed by atoms with Crippen molar-refractivity contribution in [3.05, 3.63) is 260 Å². The van der Waals surface area contributed by atoms with E-state index >= 15 is 0 Å². The molecule has 334 valence electrons. The number of para-hydroxylation sites is 4. The Labute approximate surface area is 416 Å². The number of fused-ring (bicyclic) bond motifs is 6. The van der Waals surface area contributed by atoms with Crippen LogP contribution in [0.3, 0.4) is 0 Å². The van der Waals surface area contributed by atoms with Gasteiger partial charge in [0, 0.05) is 49.4 Å². The average molecular weight is 917 g/mol. The normalized spacial score (nSPS) is 11.3. The third-order valence-corrected chi connectivity index (χ3v) is 13.8. The zero-order valence-electron chi connectivity index (χ0n) is 38.8. The molecule has 0 spiro atoms. The molecule has 6 heteroatoms. The molecule has 13 rings (SSSR count). The highest BCUT2D eigenvalue weighted by atomic mass is 15.0. The van der Waals surface area contributed by atoms with Crippen molar-refractivity contribution >= 4 is 49.3 Å². The summed E-state index contributed by atoms with van der Waals surface area (Å²) in [7, 11) is 0. The van der Waals surface area contributed by atoms with E-state index in [9.17, 15) is 5.26 Å². The Kier molecular flexibility index (Phi) is 10.2. The van der Waals surface area contributed by atoms with E-state index in [2.05, 4.69) is 178 Å². The molecule has 13 aromatic rings. The van der Waals surface area contributed by atoms with Gasteiger partial charge in [-0.3, -0.25) is 0 Å². The maximum atomic E-state index is 10.2. The molecule has 0 saturated carbocycles. The van der Waals surface area contributed by atoms with Gasteiger partial charge in [-0.15, -0.1) is 0 Å². The van der Waals surface area contributed by atoms with E-state index in [0.717, 1.165) is 116 Å². The molecular formula is C66H40N6. The van der Waals surface area contributed by atoms with E-state index in [0.29, 0.717) is 17.1 Å². The summed E-state index contributed by atoms with van der Waals surface area (Å²) in [6.07, 6.45) is 0. The quantitative estimate of drug-likeness (QED) is 0.143. The van der Waals surface area contributed by atoms with Gasteiger partial charge in [0.2, 0.25) is 0 Å². The topological polar surface area (TPSA) is 63.8 Å². The van der Waals surface area contributed by atoms with Crippen LogP contribution in [0.15, 0.2) is 243 Å². The summed E-state index contributed by atoms with van der Waals surface area (Å²) in [5.41, 5.74) is 17.7. The Bertz CT molecular complexity index is 4300. The molecule has 0 aliphatic rings. The molecule has 0 saturated heterocycles. The maximum Gasteiger partial charge on any atom is 0.194 e. The summed E-state index contributed by atoms with van der Waals surface area (Å²) in [4.78, 5) is 14.6. The molecule has 10 aromatic carbocycles. The average Bonchev–Trinajstić information content (AvgIpc) is 3.97. The predicted octanol–water partition coefficient (Wildman–Crippen LogP) is 17.1. The number of hydrogen-bond acceptors (Lipinski definition) is 3. The van der Waals surface area contributed by atoms with Crippen LogP contribution in [0, 0.1) is 17.9 Å². The van der Waals surface area contributed by atoms with Gasteiger partial charge in [0.05, 0.1) is 63.0 Å². The number of aromatic nitrogens is 4. The van der Waals surface area contributed by atoms with Crippen LogP contribution in [0.1, 0.15) is 5.56 Å². The highest BCUT2D eigenvalue weighted by Crippen LogP contribution is 2.46. The first kappa shape index (κ1) is 42.0. The zero-order valence-corrected chi connectivity index (χ0v) is 38.8. The fraction of sp³-hybridized carbons (Fsp3) is 0. The summed E-state index contributed by atoms with van der Waals surface area (Å²) in [6.45, 7) is 7.96. The number of benzene rings is 10. The van der Waals surface area contributed by atoms with Gasteiger partial charge in [-0.2, -0.15) is 5.26 Å². The summed E-state index contributed by atoms with van der Waals surface area (Å²) in [5.74, 6) is 0.636. The summed E-state index contributed by atoms with van der Waals surface area (Å²) in [5, 5.41) is 14.5. The zero-order chi connectivity index (χ0) is 48.1. The van der Waals surface area contributed by atoms with Crippen LogP contribution in [-0.4, -0.2) is 19.1 Å². The lowest BCUT2D eigenvalue weighted by Gasteiger charge is -2.22. The standard InChI is InChI=1S/C66H40N6/c1-68-56-30-14-10-25-49(56)46-36-38-62-55(40-46)50-26-11-15-31-59(50)71(62)61-33-17-13-28-53(61)65-52(58-41-57(43-19-4-2-5-20-43)69-66(70-58)44-21-6-3-7-22-44)29-18-34-64(65)72-60-32-16-12-27-51(60)54-39-45(35-37-63(54)72)48-24-9-8-23-47(48)42-67/h2-41H. The Hall–Kier alpha value is -10.1. The van der Waals surface area contributed by atoms with Crippen LogP contribution in [0.2, 0.25) is 0 Å². The van der Waals surface area contributed by atoms with Crippen LogP contribution in [-0.2, 0) is 0 Å². The predicted molar refractivity (Wildman–Crippen MR) is 294 cm³/mol. The number of hydrogen-bond donors (Lipinski definition) is 0. The van der Waals surface area contributed by atoms with Crippen LogP contribution in [0.4, 0.5) is 5.69 Å². The smallest absolute Gasteiger partial charge is 0.194 e. The van der Waals surface area contributed by atoms with Gasteiger partial charge in [0.15, 0.2) is 11.5 Å². The van der Waals surface area contributed by atoms with E-state index in [1.165, 1.54) is 0 Å². The second-order valence-corrected chi connectivity index (χ2v) is 17.9. The highest BCUT2D eigenvalue weighted by molar-refractivity contribution is 6.13. The molecule has 0 unspecified atom stereocenters. The summed E-state index contributed by atoms with van der Waals surface area (Å²) in [6, 6.07) is 86.3. The first-order valence-electron chi connectivity index (χ1n) is 23.9. The van der Waals surface area contributed by atoms with Crippen molar-refractivity contribution < 1.29 is 0 Å². The molecule has 0 atom stereocenters. The first-order chi connectivity index (χ1) is 35.6. The lowest BCUT2D eigenvalue weighted by Crippen LogP contribution is -2.04. The third kappa shape index (κ3) is 6.94. The Morgan fingerprint density at radius 3 is 1.56 bits per heavy atom. The first-order valence-corrected chi connectivity index (χ1v) is 23.9. The van der Waals surface area contributed by atoms with E-state index in [1.807, 2.05) is 84.9 Å². The lowest BCUT2D eigenvalue weighted by molar-refractivity contribution is 1.15. The SMILES string of the molecule is [C-]#[N+]c1ccccc1-c1ccc2c(c1)c1ccccc1n2-c1ccccc1-c1c(-c2cc(-c3ccccc3)nc(-c3ccccc3)n2)cccc1-n1c2ccccc2c2cc(-c3ccccc3C#N)ccc21. The molecule has 0 N–H and O–H groups in total. The van der Waals surface area contributed by atoms with Crippen molar-refractivity contribution in [1.82, 2.24) is 19.1 Å². The van der Waals surface area contributed by atoms with E-state index in [4.69, 9.17) is 16.5 Å². The minimum absolute atomic E-state index is 0.624. The van der Waals surface area contributed by atoms with Crippen molar-refractivity contribution in [3.63, 3.8) is 0 Å². The maximum absolute atomic E-state index is 10.2. The Morgan fingerprint density at radius 2 is 0.875 bits per heavy atom. The van der Waals surface area contributed by atoms with Crippen LogP contribution < -0.4 is 0 Å². The van der Waals surface area contributed by atoms with Gasteiger partial charge in [-0.1, -0.05) is 182 Å². The van der Waals surface area contributed by atoms with Gasteiger partial charge in [-0.05, 0) is 82.9 Å². The molecule has 0 bridgehead atoms. The van der Waals surface area contributed by atoms with Gasteiger partial charge >= 0.3 is 0 Å². The minimum Gasteiger partial charge on any atom is -0.309 e. The van der Waals surface area contributed by atoms with Crippen molar-refractivity contribution in [1.29, 1.82) is 5.26 Å². The van der Waals surface area contributed by atoms with Crippen molar-refractivity contribution in [2.24, 2.45) is 0 Å². The van der Waals surface area contributed by atoms with Gasteiger partial charge < -0.3 is 9.13 Å². The lowest BCUT2D eigenvalue weighted by atomic mass is 9.93. The molecular weight excluding hydrogens is 877 g/mol. The molecule has 72 heavy (non-hydrogen) atoms. The van der Waals surface area contributed by atoms with Crippen LogP contribution in [0.25, 0.3) is 127 Å². The fourth-order valence-corrected chi connectivity index (χ4v) is 10.6. The summed E-state index contributed by atoms with van der Waals surface area (Å²) >= 11 is 0. The van der Waals surface area contributed by atoms with Gasteiger partial charge in [0.1, 0.15) is 0 Å². The Morgan fingerprint density at radius 1 is 0.375 bits per heavy atom. The largest absolute Gasteiger partial charge is 0.309 e. The third-order valence-electron chi connectivity index (χ3n) is 13.8. The van der Waals surface area contributed by atoms with E-state index < -0.39 is 0 Å². The number of rotatable bonds is 8. The molecule has 0 fully saturated rings. The second-order valence-electron chi connectivity index (χ2n) is 17.9.